The zero-order chi connectivity index (χ0) is 14.8. The summed E-state index contributed by atoms with van der Waals surface area (Å²) in [5, 5.41) is 11.3. The molecule has 0 unspecified atom stereocenters. The molecule has 0 aliphatic carbocycles. The summed E-state index contributed by atoms with van der Waals surface area (Å²) in [4.78, 5) is 25.9. The number of benzene rings is 1. The van der Waals surface area contributed by atoms with E-state index in [0.717, 1.165) is 19.3 Å². The van der Waals surface area contributed by atoms with E-state index in [9.17, 15) is 9.59 Å². The summed E-state index contributed by atoms with van der Waals surface area (Å²) >= 11 is 0. The number of rotatable bonds is 9. The first-order chi connectivity index (χ1) is 9.63. The minimum absolute atomic E-state index is 0.124. The van der Waals surface area contributed by atoms with Crippen LogP contribution in [-0.2, 0) is 4.79 Å². The van der Waals surface area contributed by atoms with E-state index in [1.165, 1.54) is 0 Å². The van der Waals surface area contributed by atoms with Crippen molar-refractivity contribution in [2.45, 2.75) is 32.1 Å². The Hall–Kier alpha value is -2.17. The van der Waals surface area contributed by atoms with Gasteiger partial charge in [0.15, 0.2) is 0 Å². The Balaban J connectivity index is 2.19. The number of carbonyl (C=O) groups is 2. The molecule has 1 rings (SSSR count). The number of carboxylic acids is 1. The van der Waals surface area contributed by atoms with Crippen molar-refractivity contribution < 1.29 is 14.7 Å². The Kier molecular flexibility index (Phi) is 7.03. The summed E-state index contributed by atoms with van der Waals surface area (Å²) in [7, 11) is 0. The van der Waals surface area contributed by atoms with Crippen molar-refractivity contribution in [3.05, 3.63) is 29.8 Å². The molecule has 5 heteroatoms. The van der Waals surface area contributed by atoms with Gasteiger partial charge >= 0.3 is 5.97 Å². The van der Waals surface area contributed by atoms with Gasteiger partial charge in [0.2, 0.25) is 0 Å². The largest absolute Gasteiger partial charge is 0.481 e. The van der Waals surface area contributed by atoms with Crippen molar-refractivity contribution >= 4 is 24.3 Å². The molecule has 0 saturated carbocycles. The number of hydrogen-bond acceptors (Lipinski definition) is 3. The van der Waals surface area contributed by atoms with E-state index in [2.05, 4.69) is 17.0 Å². The highest BCUT2D eigenvalue weighted by Gasteiger charge is 2.04. The standard InChI is InChI=1S/C15H20N2O3/c1-16-13-8-6-7-12(11-13)15(20)17-10-5-3-2-4-9-14(18)19/h6-8,11H,1-5,9-10H2,(H,17,20)(H,18,19). The first kappa shape index (κ1) is 15.9. The van der Waals surface area contributed by atoms with Crippen LogP contribution in [0.2, 0.25) is 0 Å². The number of nitrogens with zero attached hydrogens (tertiary/aromatic N) is 1. The zero-order valence-electron chi connectivity index (χ0n) is 11.5. The second-order valence-corrected chi connectivity index (χ2v) is 4.52. The summed E-state index contributed by atoms with van der Waals surface area (Å²) in [5.41, 5.74) is 1.24. The molecular formula is C15H20N2O3. The molecule has 1 aromatic rings. The summed E-state index contributed by atoms with van der Waals surface area (Å²) in [5.74, 6) is -0.880. The second-order valence-electron chi connectivity index (χ2n) is 4.52. The molecule has 0 radical (unpaired) electrons. The Labute approximate surface area is 118 Å². The van der Waals surface area contributed by atoms with Crippen LogP contribution in [0.1, 0.15) is 42.5 Å². The third kappa shape index (κ3) is 6.13. The molecule has 5 nitrogen and oxygen atoms in total. The molecule has 0 aliphatic heterocycles. The SMILES string of the molecule is C=Nc1cccc(C(=O)NCCCCCCC(=O)O)c1. The smallest absolute Gasteiger partial charge is 0.303 e. The van der Waals surface area contributed by atoms with Crippen molar-refractivity contribution in [1.82, 2.24) is 5.32 Å². The molecule has 1 aromatic carbocycles. The molecule has 0 aliphatic rings. The van der Waals surface area contributed by atoms with Gasteiger partial charge < -0.3 is 10.4 Å². The number of carboxylic acid groups (broad SMARTS) is 1. The Bertz CT molecular complexity index is 472. The molecule has 20 heavy (non-hydrogen) atoms. The van der Waals surface area contributed by atoms with E-state index in [-0.39, 0.29) is 12.3 Å². The lowest BCUT2D eigenvalue weighted by Gasteiger charge is -2.05. The average molecular weight is 276 g/mol. The maximum Gasteiger partial charge on any atom is 0.303 e. The van der Waals surface area contributed by atoms with E-state index >= 15 is 0 Å². The Morgan fingerprint density at radius 3 is 2.65 bits per heavy atom. The van der Waals surface area contributed by atoms with Crippen LogP contribution < -0.4 is 5.32 Å². The number of carbonyl (C=O) groups excluding carboxylic acids is 1. The molecule has 2 N–H and O–H groups in total. The van der Waals surface area contributed by atoms with E-state index in [0.29, 0.717) is 24.2 Å². The third-order valence-electron chi connectivity index (χ3n) is 2.89. The van der Waals surface area contributed by atoms with Crippen LogP contribution >= 0.6 is 0 Å². The first-order valence-electron chi connectivity index (χ1n) is 6.70. The van der Waals surface area contributed by atoms with Gasteiger partial charge in [0.25, 0.3) is 5.91 Å². The lowest BCUT2D eigenvalue weighted by Crippen LogP contribution is -2.24. The molecule has 0 aromatic heterocycles. The van der Waals surface area contributed by atoms with Crippen LogP contribution in [0.15, 0.2) is 29.3 Å². The Morgan fingerprint density at radius 2 is 1.95 bits per heavy atom. The average Bonchev–Trinajstić information content (AvgIpc) is 2.45. The summed E-state index contributed by atoms with van der Waals surface area (Å²) in [6.45, 7) is 4.02. The van der Waals surface area contributed by atoms with Crippen molar-refractivity contribution in [2.75, 3.05) is 6.54 Å². The van der Waals surface area contributed by atoms with E-state index in [1.54, 1.807) is 24.3 Å². The maximum absolute atomic E-state index is 11.8. The predicted molar refractivity (Wildman–Crippen MR) is 78.7 cm³/mol. The number of unbranched alkanes of at least 4 members (excludes halogenated alkanes) is 3. The van der Waals surface area contributed by atoms with Crippen molar-refractivity contribution in [1.29, 1.82) is 0 Å². The highest BCUT2D eigenvalue weighted by molar-refractivity contribution is 5.94. The molecule has 108 valence electrons. The number of aliphatic carboxylic acids is 1. The summed E-state index contributed by atoms with van der Waals surface area (Å²) in [6.07, 6.45) is 3.55. The first-order valence-corrected chi connectivity index (χ1v) is 6.70. The van der Waals surface area contributed by atoms with Gasteiger partial charge in [0.05, 0.1) is 5.69 Å². The molecule has 0 heterocycles. The van der Waals surface area contributed by atoms with E-state index in [1.807, 2.05) is 0 Å². The molecule has 0 bridgehead atoms. The molecule has 0 saturated heterocycles. The number of nitrogens with one attached hydrogen (secondary N) is 1. The van der Waals surface area contributed by atoms with Gasteiger partial charge in [0.1, 0.15) is 0 Å². The lowest BCUT2D eigenvalue weighted by molar-refractivity contribution is -0.137. The van der Waals surface area contributed by atoms with Gasteiger partial charge in [0, 0.05) is 18.5 Å². The normalized spacial score (nSPS) is 10.0. The maximum atomic E-state index is 11.8. The van der Waals surface area contributed by atoms with Crippen LogP contribution in [0.5, 0.6) is 0 Å². The fraction of sp³-hybridized carbons (Fsp3) is 0.400. The molecule has 0 spiro atoms. The van der Waals surface area contributed by atoms with Crippen molar-refractivity contribution in [3.8, 4) is 0 Å². The number of hydrogen-bond donors (Lipinski definition) is 2. The van der Waals surface area contributed by atoms with Gasteiger partial charge in [-0.2, -0.15) is 0 Å². The van der Waals surface area contributed by atoms with Gasteiger partial charge in [-0.05, 0) is 37.8 Å². The van der Waals surface area contributed by atoms with Gasteiger partial charge in [-0.25, -0.2) is 0 Å². The highest BCUT2D eigenvalue weighted by Crippen LogP contribution is 2.13. The Morgan fingerprint density at radius 1 is 1.20 bits per heavy atom. The topological polar surface area (TPSA) is 78.8 Å². The van der Waals surface area contributed by atoms with E-state index < -0.39 is 5.97 Å². The van der Waals surface area contributed by atoms with Crippen molar-refractivity contribution in [2.24, 2.45) is 4.99 Å². The minimum atomic E-state index is -0.756. The number of aliphatic imine (C=N–C) groups is 1. The summed E-state index contributed by atoms with van der Waals surface area (Å²) in [6, 6.07) is 6.98. The molecule has 0 atom stereocenters. The molecule has 0 fully saturated rings. The second kappa shape index (κ2) is 8.85. The summed E-state index contributed by atoms with van der Waals surface area (Å²) < 4.78 is 0. The predicted octanol–water partition coefficient (Wildman–Crippen LogP) is 2.78. The van der Waals surface area contributed by atoms with Crippen molar-refractivity contribution in [3.63, 3.8) is 0 Å². The van der Waals surface area contributed by atoms with Gasteiger partial charge in [-0.1, -0.05) is 18.9 Å². The van der Waals surface area contributed by atoms with Gasteiger partial charge in [-0.15, -0.1) is 0 Å². The van der Waals surface area contributed by atoms with Crippen LogP contribution in [0.25, 0.3) is 0 Å². The van der Waals surface area contributed by atoms with Crippen LogP contribution in [0.3, 0.4) is 0 Å². The third-order valence-corrected chi connectivity index (χ3v) is 2.89. The fourth-order valence-corrected chi connectivity index (χ4v) is 1.80. The monoisotopic (exact) mass is 276 g/mol. The quantitative estimate of drug-likeness (QED) is 0.537. The van der Waals surface area contributed by atoms with Crippen LogP contribution in [0.4, 0.5) is 5.69 Å². The van der Waals surface area contributed by atoms with E-state index in [4.69, 9.17) is 5.11 Å². The van der Waals surface area contributed by atoms with Crippen LogP contribution in [0, 0.1) is 0 Å². The van der Waals surface area contributed by atoms with Gasteiger partial charge in [-0.3, -0.25) is 14.6 Å². The minimum Gasteiger partial charge on any atom is -0.481 e. The molecule has 1 amide bonds. The number of amides is 1. The lowest BCUT2D eigenvalue weighted by atomic mass is 10.1. The van der Waals surface area contributed by atoms with Crippen LogP contribution in [-0.4, -0.2) is 30.2 Å². The fourth-order valence-electron chi connectivity index (χ4n) is 1.80. The zero-order valence-corrected chi connectivity index (χ0v) is 11.5. The molecular weight excluding hydrogens is 256 g/mol. The highest BCUT2D eigenvalue weighted by atomic mass is 16.4.